The zero-order valence-electron chi connectivity index (χ0n) is 12.1. The smallest absolute Gasteiger partial charge is 0.326 e. The van der Waals surface area contributed by atoms with Gasteiger partial charge in [0.15, 0.2) is 0 Å². The minimum Gasteiger partial charge on any atom is -0.480 e. The van der Waals surface area contributed by atoms with Gasteiger partial charge in [-0.25, -0.2) is 4.79 Å². The Bertz CT molecular complexity index is 424. The van der Waals surface area contributed by atoms with Gasteiger partial charge in [0.05, 0.1) is 6.10 Å². The number of aliphatic hydroxyl groups is 1. The molecule has 0 radical (unpaired) electrons. The van der Waals surface area contributed by atoms with Gasteiger partial charge in [-0.3, -0.25) is 9.59 Å². The van der Waals surface area contributed by atoms with Gasteiger partial charge < -0.3 is 20.4 Å². The standard InChI is InChI=1S/C14H22N2O5/c1-3-4-5-6-11(14(20)21)15-13(19)12-7-10(18)8-16(12)9(2)17/h3,10-12,18H,1,4-8H2,2H3,(H,15,19)(H,20,21)/t10-,11+,12+/m1/s1. The van der Waals surface area contributed by atoms with Crippen LogP contribution in [-0.2, 0) is 14.4 Å². The summed E-state index contributed by atoms with van der Waals surface area (Å²) in [6.45, 7) is 4.97. The highest BCUT2D eigenvalue weighted by atomic mass is 16.4. The van der Waals surface area contributed by atoms with Crippen molar-refractivity contribution in [1.29, 1.82) is 0 Å². The van der Waals surface area contributed by atoms with Crippen molar-refractivity contribution < 1.29 is 24.6 Å². The average Bonchev–Trinajstić information content (AvgIpc) is 2.80. The molecular formula is C14H22N2O5. The summed E-state index contributed by atoms with van der Waals surface area (Å²) in [6.07, 6.45) is 2.62. The van der Waals surface area contributed by atoms with Crippen LogP contribution in [0.3, 0.4) is 0 Å². The lowest BCUT2D eigenvalue weighted by atomic mass is 10.1. The number of β-amino-alcohol motifs (C(OH)–C–C–N with tert-alkyl or cyclic N) is 1. The number of allylic oxidation sites excluding steroid dienone is 1. The summed E-state index contributed by atoms with van der Waals surface area (Å²) < 4.78 is 0. The van der Waals surface area contributed by atoms with Crippen molar-refractivity contribution in [2.24, 2.45) is 0 Å². The van der Waals surface area contributed by atoms with Crippen LogP contribution in [-0.4, -0.2) is 57.6 Å². The fourth-order valence-corrected chi connectivity index (χ4v) is 2.40. The second kappa shape index (κ2) is 7.78. The number of carboxylic acids is 1. The molecule has 1 fully saturated rings. The lowest BCUT2D eigenvalue weighted by Gasteiger charge is -2.24. The van der Waals surface area contributed by atoms with E-state index in [1.165, 1.54) is 11.8 Å². The third-order valence-corrected chi connectivity index (χ3v) is 3.50. The Balaban J connectivity index is 2.65. The second-order valence-corrected chi connectivity index (χ2v) is 5.20. The Morgan fingerprint density at radius 3 is 2.67 bits per heavy atom. The summed E-state index contributed by atoms with van der Waals surface area (Å²) in [7, 11) is 0. The van der Waals surface area contributed by atoms with Crippen molar-refractivity contribution in [3.05, 3.63) is 12.7 Å². The molecule has 1 aliphatic heterocycles. The first kappa shape index (κ1) is 17.2. The number of likely N-dealkylation sites (tertiary alicyclic amines) is 1. The van der Waals surface area contributed by atoms with Crippen molar-refractivity contribution in [1.82, 2.24) is 10.2 Å². The number of carbonyl (C=O) groups is 3. The number of aliphatic hydroxyl groups excluding tert-OH is 1. The van der Waals surface area contributed by atoms with E-state index in [4.69, 9.17) is 5.11 Å². The highest BCUT2D eigenvalue weighted by Crippen LogP contribution is 2.18. The summed E-state index contributed by atoms with van der Waals surface area (Å²) in [4.78, 5) is 36.0. The van der Waals surface area contributed by atoms with E-state index < -0.39 is 30.1 Å². The fourth-order valence-electron chi connectivity index (χ4n) is 2.40. The molecule has 3 atom stereocenters. The van der Waals surface area contributed by atoms with Crippen LogP contribution in [0.4, 0.5) is 0 Å². The van der Waals surface area contributed by atoms with Crippen LogP contribution in [0, 0.1) is 0 Å². The van der Waals surface area contributed by atoms with Gasteiger partial charge >= 0.3 is 5.97 Å². The minimum absolute atomic E-state index is 0.0988. The van der Waals surface area contributed by atoms with E-state index in [2.05, 4.69) is 11.9 Å². The van der Waals surface area contributed by atoms with Crippen LogP contribution in [0.5, 0.6) is 0 Å². The molecule has 7 nitrogen and oxygen atoms in total. The summed E-state index contributed by atoms with van der Waals surface area (Å²) >= 11 is 0. The number of rotatable bonds is 7. The van der Waals surface area contributed by atoms with E-state index in [1.54, 1.807) is 6.08 Å². The molecule has 0 aromatic heterocycles. The molecule has 0 saturated carbocycles. The number of amides is 2. The van der Waals surface area contributed by atoms with Crippen LogP contribution in [0.25, 0.3) is 0 Å². The van der Waals surface area contributed by atoms with Crippen LogP contribution in [0.1, 0.15) is 32.6 Å². The third kappa shape index (κ3) is 4.86. The van der Waals surface area contributed by atoms with Gasteiger partial charge in [-0.1, -0.05) is 6.08 Å². The van der Waals surface area contributed by atoms with Gasteiger partial charge in [-0.15, -0.1) is 6.58 Å². The Morgan fingerprint density at radius 1 is 1.48 bits per heavy atom. The maximum absolute atomic E-state index is 12.2. The van der Waals surface area contributed by atoms with Crippen LogP contribution >= 0.6 is 0 Å². The molecule has 1 saturated heterocycles. The molecule has 0 aromatic carbocycles. The number of nitrogens with one attached hydrogen (secondary N) is 1. The van der Waals surface area contributed by atoms with E-state index >= 15 is 0 Å². The van der Waals surface area contributed by atoms with Crippen LogP contribution in [0.2, 0.25) is 0 Å². The maximum Gasteiger partial charge on any atom is 0.326 e. The molecule has 118 valence electrons. The SMILES string of the molecule is C=CCCC[C@H](NC(=O)[C@@H]1C[C@@H](O)CN1C(C)=O)C(=O)O. The Hall–Kier alpha value is -1.89. The van der Waals surface area contributed by atoms with Crippen molar-refractivity contribution in [2.75, 3.05) is 6.54 Å². The number of hydrogen-bond donors (Lipinski definition) is 3. The largest absolute Gasteiger partial charge is 0.480 e. The van der Waals surface area contributed by atoms with Crippen LogP contribution < -0.4 is 5.32 Å². The summed E-state index contributed by atoms with van der Waals surface area (Å²) in [5.74, 6) is -1.96. The average molecular weight is 298 g/mol. The lowest BCUT2D eigenvalue weighted by molar-refractivity contribution is -0.143. The third-order valence-electron chi connectivity index (χ3n) is 3.50. The Morgan fingerprint density at radius 2 is 2.14 bits per heavy atom. The topological polar surface area (TPSA) is 107 Å². The molecule has 0 unspecified atom stereocenters. The molecule has 0 bridgehead atoms. The highest BCUT2D eigenvalue weighted by Gasteiger charge is 2.38. The maximum atomic E-state index is 12.2. The number of hydrogen-bond acceptors (Lipinski definition) is 4. The van der Waals surface area contributed by atoms with Gasteiger partial charge in [-0.2, -0.15) is 0 Å². The molecule has 1 aliphatic rings. The molecular weight excluding hydrogens is 276 g/mol. The first-order valence-corrected chi connectivity index (χ1v) is 6.96. The molecule has 1 heterocycles. The quantitative estimate of drug-likeness (QED) is 0.449. The second-order valence-electron chi connectivity index (χ2n) is 5.20. The van der Waals surface area contributed by atoms with Gasteiger partial charge in [0.1, 0.15) is 12.1 Å². The predicted octanol–water partition coefficient (Wildman–Crippen LogP) is -0.106. The van der Waals surface area contributed by atoms with Crippen molar-refractivity contribution in [3.63, 3.8) is 0 Å². The van der Waals surface area contributed by atoms with Gasteiger partial charge in [0, 0.05) is 19.9 Å². The van der Waals surface area contributed by atoms with Gasteiger partial charge in [0.2, 0.25) is 11.8 Å². The van der Waals surface area contributed by atoms with Gasteiger partial charge in [0.25, 0.3) is 0 Å². The molecule has 7 heteroatoms. The number of aliphatic carboxylic acids is 1. The molecule has 0 aliphatic carbocycles. The Kier molecular flexibility index (Phi) is 6.36. The summed E-state index contributed by atoms with van der Waals surface area (Å²) in [5.41, 5.74) is 0. The van der Waals surface area contributed by atoms with Crippen molar-refractivity contribution >= 4 is 17.8 Å². The zero-order chi connectivity index (χ0) is 16.0. The first-order valence-electron chi connectivity index (χ1n) is 6.96. The molecule has 1 rings (SSSR count). The fraction of sp³-hybridized carbons (Fsp3) is 0.643. The molecule has 2 amide bonds. The van der Waals surface area contributed by atoms with E-state index in [-0.39, 0.29) is 18.9 Å². The number of unbranched alkanes of at least 4 members (excludes halogenated alkanes) is 1. The van der Waals surface area contributed by atoms with E-state index in [0.29, 0.717) is 19.3 Å². The normalized spacial score (nSPS) is 22.7. The Labute approximate surface area is 123 Å². The lowest BCUT2D eigenvalue weighted by Crippen LogP contribution is -2.50. The van der Waals surface area contributed by atoms with Gasteiger partial charge in [-0.05, 0) is 19.3 Å². The number of carbonyl (C=O) groups excluding carboxylic acids is 2. The minimum atomic E-state index is -1.11. The zero-order valence-corrected chi connectivity index (χ0v) is 12.1. The van der Waals surface area contributed by atoms with E-state index in [0.717, 1.165) is 0 Å². The molecule has 3 N–H and O–H groups in total. The van der Waals surface area contributed by atoms with Crippen molar-refractivity contribution in [3.8, 4) is 0 Å². The summed E-state index contributed by atoms with van der Waals surface area (Å²) in [6, 6.07) is -1.80. The highest BCUT2D eigenvalue weighted by molar-refractivity contribution is 5.90. The molecule has 0 aromatic rings. The predicted molar refractivity (Wildman–Crippen MR) is 75.4 cm³/mol. The number of nitrogens with zero attached hydrogens (tertiary/aromatic N) is 1. The monoisotopic (exact) mass is 298 g/mol. The molecule has 0 spiro atoms. The van der Waals surface area contributed by atoms with E-state index in [1.807, 2.05) is 0 Å². The van der Waals surface area contributed by atoms with E-state index in [9.17, 15) is 19.5 Å². The first-order chi connectivity index (χ1) is 9.86. The van der Waals surface area contributed by atoms with Crippen LogP contribution in [0.15, 0.2) is 12.7 Å². The molecule has 21 heavy (non-hydrogen) atoms. The number of carboxylic acid groups (broad SMARTS) is 1. The van der Waals surface area contributed by atoms with Crippen molar-refractivity contribution in [2.45, 2.75) is 50.8 Å². The summed E-state index contributed by atoms with van der Waals surface area (Å²) in [5, 5.41) is 21.1.